The number of aromatic hydroxyl groups is 1. The molecule has 39 heavy (non-hydrogen) atoms. The van der Waals surface area contributed by atoms with Crippen molar-refractivity contribution in [1.82, 2.24) is 9.97 Å². The van der Waals surface area contributed by atoms with Crippen LogP contribution in [0.4, 0.5) is 17.6 Å². The third-order valence-electron chi connectivity index (χ3n) is 5.91. The Labute approximate surface area is 234 Å². The van der Waals surface area contributed by atoms with Gasteiger partial charge in [0.05, 0.1) is 11.2 Å². The van der Waals surface area contributed by atoms with E-state index in [0.717, 1.165) is 5.56 Å². The number of aliphatic imine (C=N–C) groups is 1. The number of para-hydroxylation sites is 1. The first kappa shape index (κ1) is 27.8. The van der Waals surface area contributed by atoms with Gasteiger partial charge in [0.15, 0.2) is 23.3 Å². The van der Waals surface area contributed by atoms with Crippen LogP contribution in [0.25, 0.3) is 43.8 Å². The van der Waals surface area contributed by atoms with Crippen LogP contribution in [0.5, 0.6) is 5.75 Å². The smallest absolute Gasteiger partial charge is 0.198 e. The van der Waals surface area contributed by atoms with Crippen molar-refractivity contribution in [2.24, 2.45) is 4.99 Å². The quantitative estimate of drug-likeness (QED) is 0.0511. The van der Waals surface area contributed by atoms with E-state index in [4.69, 9.17) is 5.11 Å². The minimum atomic E-state index is -1.88. The molecular formula is C30H18F4IrN3O-. The number of aromatic nitrogens is 2. The largest absolute Gasteiger partial charge is 0.507 e. The molecule has 0 aliphatic carbocycles. The summed E-state index contributed by atoms with van der Waals surface area (Å²) in [6.45, 7) is 0. The monoisotopic (exact) mass is 705 g/mol. The molecule has 1 radical (unpaired) electrons. The first-order valence-electron chi connectivity index (χ1n) is 11.4. The van der Waals surface area contributed by atoms with Crippen LogP contribution < -0.4 is 0 Å². The number of benzene rings is 5. The average Bonchev–Trinajstić information content (AvgIpc) is 2.96. The second-order valence-corrected chi connectivity index (χ2v) is 8.23. The summed E-state index contributed by atoms with van der Waals surface area (Å²) in [4.78, 5) is 12.6. The van der Waals surface area contributed by atoms with Crippen LogP contribution in [0.15, 0.2) is 84.0 Å². The van der Waals surface area contributed by atoms with Gasteiger partial charge in [-0.3, -0.25) is 9.98 Å². The van der Waals surface area contributed by atoms with Gasteiger partial charge in [-0.15, -0.1) is 29.7 Å². The Morgan fingerprint density at radius 3 is 2.15 bits per heavy atom. The van der Waals surface area contributed by atoms with E-state index in [1.54, 1.807) is 61.8 Å². The third-order valence-corrected chi connectivity index (χ3v) is 5.91. The Morgan fingerprint density at radius 1 is 0.795 bits per heavy atom. The second kappa shape index (κ2) is 11.7. The molecular weight excluding hydrogens is 687 g/mol. The van der Waals surface area contributed by atoms with Gasteiger partial charge in [0.25, 0.3) is 0 Å². The van der Waals surface area contributed by atoms with Crippen molar-refractivity contribution in [3.8, 4) is 17.0 Å². The topological polar surface area (TPSA) is 58.4 Å². The second-order valence-electron chi connectivity index (χ2n) is 8.23. The summed E-state index contributed by atoms with van der Waals surface area (Å²) in [6.07, 6.45) is 3.12. The van der Waals surface area contributed by atoms with E-state index in [1.165, 1.54) is 12.3 Å². The number of hydrogen-bond acceptors (Lipinski definition) is 4. The van der Waals surface area contributed by atoms with Gasteiger partial charge in [-0.2, -0.15) is 0 Å². The van der Waals surface area contributed by atoms with E-state index in [9.17, 15) is 17.6 Å². The van der Waals surface area contributed by atoms with Gasteiger partial charge >= 0.3 is 0 Å². The van der Waals surface area contributed by atoms with Crippen LogP contribution in [0, 0.1) is 29.3 Å². The molecule has 1 heterocycles. The fraction of sp³-hybridized carbons (Fsp3) is 0.0333. The van der Waals surface area contributed by atoms with E-state index in [2.05, 4.69) is 21.0 Å². The molecule has 0 bridgehead atoms. The number of halogens is 4. The van der Waals surface area contributed by atoms with Crippen molar-refractivity contribution in [3.05, 3.63) is 114 Å². The van der Waals surface area contributed by atoms with E-state index in [1.807, 2.05) is 18.2 Å². The SMILES string of the molecule is CN=Cc1ccccc1O.Fc1c(F)c(F)c2c3nc(-c4ccccc4)cnc3c3[c-]cccc3c2c1F.[Ir]. The molecule has 0 saturated carbocycles. The Kier molecular flexibility index (Phi) is 8.33. The molecule has 0 unspecified atom stereocenters. The summed E-state index contributed by atoms with van der Waals surface area (Å²) >= 11 is 0. The Bertz CT molecular complexity index is 1850. The maximum absolute atomic E-state index is 14.8. The fourth-order valence-electron chi connectivity index (χ4n) is 4.18. The van der Waals surface area contributed by atoms with Crippen molar-refractivity contribution in [2.75, 3.05) is 7.05 Å². The maximum atomic E-state index is 14.8. The summed E-state index contributed by atoms with van der Waals surface area (Å²) in [5, 5.41) is 8.86. The summed E-state index contributed by atoms with van der Waals surface area (Å²) in [6, 6.07) is 23.6. The number of fused-ring (bicyclic) bond motifs is 6. The molecule has 1 N–H and O–H groups in total. The van der Waals surface area contributed by atoms with Crippen molar-refractivity contribution < 1.29 is 42.8 Å². The first-order chi connectivity index (χ1) is 18.4. The van der Waals surface area contributed by atoms with Gasteiger partial charge < -0.3 is 10.1 Å². The first-order valence-corrected chi connectivity index (χ1v) is 11.4. The molecule has 0 atom stereocenters. The summed E-state index contributed by atoms with van der Waals surface area (Å²) in [5.74, 6) is -6.43. The van der Waals surface area contributed by atoms with Crippen molar-refractivity contribution >= 4 is 38.8 Å². The Balaban J connectivity index is 0.000000273. The zero-order chi connectivity index (χ0) is 26.8. The Hall–Kier alpha value is -4.20. The van der Waals surface area contributed by atoms with Gasteiger partial charge in [0.1, 0.15) is 5.75 Å². The summed E-state index contributed by atoms with van der Waals surface area (Å²) < 4.78 is 57.4. The van der Waals surface area contributed by atoms with Gasteiger partial charge in [0.2, 0.25) is 0 Å². The molecule has 0 aliphatic rings. The van der Waals surface area contributed by atoms with Gasteiger partial charge in [-0.25, -0.2) is 17.6 Å². The van der Waals surface area contributed by atoms with Gasteiger partial charge in [-0.1, -0.05) is 47.9 Å². The minimum Gasteiger partial charge on any atom is -0.507 e. The average molecular weight is 705 g/mol. The van der Waals surface area contributed by atoms with Gasteiger partial charge in [0, 0.05) is 61.6 Å². The summed E-state index contributed by atoms with van der Waals surface area (Å²) in [5.41, 5.74) is 2.03. The minimum absolute atomic E-state index is 0. The molecule has 9 heteroatoms. The molecule has 0 spiro atoms. The fourth-order valence-corrected chi connectivity index (χ4v) is 4.18. The Morgan fingerprint density at radius 2 is 1.46 bits per heavy atom. The number of nitrogens with zero attached hydrogens (tertiary/aromatic N) is 3. The maximum Gasteiger partial charge on any atom is 0.198 e. The van der Waals surface area contributed by atoms with E-state index >= 15 is 0 Å². The van der Waals surface area contributed by atoms with E-state index in [0.29, 0.717) is 16.6 Å². The number of rotatable bonds is 2. The predicted molar refractivity (Wildman–Crippen MR) is 140 cm³/mol. The molecule has 0 fully saturated rings. The predicted octanol–water partition coefficient (Wildman–Crippen LogP) is 7.40. The van der Waals surface area contributed by atoms with Crippen molar-refractivity contribution in [1.29, 1.82) is 0 Å². The van der Waals surface area contributed by atoms with Crippen LogP contribution in [0.1, 0.15) is 5.56 Å². The summed E-state index contributed by atoms with van der Waals surface area (Å²) in [7, 11) is 1.67. The van der Waals surface area contributed by atoms with Crippen LogP contribution in [-0.4, -0.2) is 28.3 Å². The van der Waals surface area contributed by atoms with Crippen molar-refractivity contribution in [3.63, 3.8) is 0 Å². The van der Waals surface area contributed by atoms with Crippen LogP contribution >= 0.6 is 0 Å². The molecule has 6 rings (SSSR count). The number of phenolic OH excluding ortho intramolecular Hbond substituents is 1. The number of phenols is 1. The molecule has 6 aromatic rings. The molecule has 4 nitrogen and oxygen atoms in total. The zero-order valence-corrected chi connectivity index (χ0v) is 22.6. The van der Waals surface area contributed by atoms with Crippen LogP contribution in [0.2, 0.25) is 0 Å². The van der Waals surface area contributed by atoms with Crippen LogP contribution in [-0.2, 0) is 20.1 Å². The third kappa shape index (κ3) is 5.11. The number of hydrogen-bond donors (Lipinski definition) is 1. The van der Waals surface area contributed by atoms with Crippen molar-refractivity contribution in [2.45, 2.75) is 0 Å². The molecule has 0 amide bonds. The standard InChI is InChI=1S/C22H9F4N2.C8H9NO.Ir/c23-17-15-12-8-4-5-9-13(12)21-22(16(15)18(24)20(26)19(17)25)28-14(10-27-21)11-6-2-1-3-7-11;1-9-6-7-4-2-3-5-8(7)10;/h1-8,10H;2-6,10H,1H3;/q-1;;. The zero-order valence-electron chi connectivity index (χ0n) is 20.2. The van der Waals surface area contributed by atoms with E-state index in [-0.39, 0.29) is 47.7 Å². The normalized spacial score (nSPS) is 11.0. The molecule has 1 aromatic heterocycles. The molecule has 5 aromatic carbocycles. The molecule has 197 valence electrons. The van der Waals surface area contributed by atoms with E-state index < -0.39 is 28.7 Å². The molecule has 0 saturated heterocycles. The van der Waals surface area contributed by atoms with Crippen LogP contribution in [0.3, 0.4) is 0 Å². The molecule has 0 aliphatic heterocycles. The van der Waals surface area contributed by atoms with Gasteiger partial charge in [-0.05, 0) is 17.5 Å².